The third kappa shape index (κ3) is 2.99. The highest BCUT2D eigenvalue weighted by molar-refractivity contribution is 5.44. The second-order valence-electron chi connectivity index (χ2n) is 5.03. The predicted molar refractivity (Wildman–Crippen MR) is 72.5 cm³/mol. The summed E-state index contributed by atoms with van der Waals surface area (Å²) in [5, 5.41) is 8.90. The first kappa shape index (κ1) is 12.8. The van der Waals surface area contributed by atoms with Crippen LogP contribution in [0.2, 0.25) is 0 Å². The molecule has 18 heavy (non-hydrogen) atoms. The van der Waals surface area contributed by atoms with Crippen LogP contribution in [0.25, 0.3) is 0 Å². The summed E-state index contributed by atoms with van der Waals surface area (Å²) in [4.78, 5) is 8.91. The Labute approximate surface area is 109 Å². The number of anilines is 1. The number of nitriles is 1. The minimum absolute atomic E-state index is 0.594. The Morgan fingerprint density at radius 3 is 3.11 bits per heavy atom. The van der Waals surface area contributed by atoms with Crippen molar-refractivity contribution in [3.05, 3.63) is 23.9 Å². The molecule has 2 rings (SSSR count). The number of pyridine rings is 1. The standard InChI is InChI=1S/C14H20N4/c1-17-8-4-3-5-13(17)11-18(2)14-9-12(10-15)6-7-16-14/h6-7,9,13H,3-5,8,11H2,1-2H3/t13-/m1/s1. The van der Waals surface area contributed by atoms with E-state index in [0.717, 1.165) is 12.4 Å². The van der Waals surface area contributed by atoms with E-state index in [-0.39, 0.29) is 0 Å². The molecule has 1 fully saturated rings. The summed E-state index contributed by atoms with van der Waals surface area (Å²) in [7, 11) is 4.24. The molecule has 1 aromatic rings. The topological polar surface area (TPSA) is 43.2 Å². The lowest BCUT2D eigenvalue weighted by Gasteiger charge is -2.35. The first-order valence-corrected chi connectivity index (χ1v) is 6.48. The number of hydrogen-bond acceptors (Lipinski definition) is 4. The monoisotopic (exact) mass is 244 g/mol. The van der Waals surface area contributed by atoms with Gasteiger partial charge >= 0.3 is 0 Å². The van der Waals surface area contributed by atoms with Crippen molar-refractivity contribution < 1.29 is 0 Å². The van der Waals surface area contributed by atoms with E-state index in [1.165, 1.54) is 25.8 Å². The van der Waals surface area contributed by atoms with Crippen LogP contribution in [0, 0.1) is 11.3 Å². The van der Waals surface area contributed by atoms with E-state index in [0.29, 0.717) is 11.6 Å². The summed E-state index contributed by atoms with van der Waals surface area (Å²) >= 11 is 0. The van der Waals surface area contributed by atoms with Crippen molar-refractivity contribution in [1.29, 1.82) is 5.26 Å². The molecule has 4 heteroatoms. The van der Waals surface area contributed by atoms with Gasteiger partial charge in [-0.05, 0) is 38.6 Å². The van der Waals surface area contributed by atoms with Gasteiger partial charge in [-0.1, -0.05) is 6.42 Å². The molecule has 0 radical (unpaired) electrons. The Balaban J connectivity index is 2.02. The molecule has 0 spiro atoms. The smallest absolute Gasteiger partial charge is 0.129 e. The number of likely N-dealkylation sites (N-methyl/N-ethyl adjacent to an activating group) is 2. The molecule has 4 nitrogen and oxygen atoms in total. The molecule has 0 N–H and O–H groups in total. The quantitative estimate of drug-likeness (QED) is 0.814. The van der Waals surface area contributed by atoms with Crippen LogP contribution in [-0.2, 0) is 0 Å². The van der Waals surface area contributed by atoms with Gasteiger partial charge < -0.3 is 9.80 Å². The van der Waals surface area contributed by atoms with E-state index in [1.54, 1.807) is 12.3 Å². The second kappa shape index (κ2) is 5.83. The van der Waals surface area contributed by atoms with Crippen LogP contribution in [0.1, 0.15) is 24.8 Å². The number of aromatic nitrogens is 1. The molecule has 0 saturated carbocycles. The van der Waals surface area contributed by atoms with Gasteiger partial charge in [0.2, 0.25) is 0 Å². The zero-order chi connectivity index (χ0) is 13.0. The van der Waals surface area contributed by atoms with E-state index in [9.17, 15) is 0 Å². The third-order valence-electron chi connectivity index (χ3n) is 3.67. The van der Waals surface area contributed by atoms with Crippen LogP contribution < -0.4 is 4.90 Å². The Kier molecular flexibility index (Phi) is 4.16. The van der Waals surface area contributed by atoms with E-state index >= 15 is 0 Å². The lowest BCUT2D eigenvalue weighted by Crippen LogP contribution is -2.43. The summed E-state index contributed by atoms with van der Waals surface area (Å²) < 4.78 is 0. The van der Waals surface area contributed by atoms with Gasteiger partial charge in [-0.15, -0.1) is 0 Å². The molecule has 0 bridgehead atoms. The molecule has 1 aliphatic heterocycles. The average molecular weight is 244 g/mol. The largest absolute Gasteiger partial charge is 0.358 e. The minimum atomic E-state index is 0.594. The molecule has 0 aromatic carbocycles. The van der Waals surface area contributed by atoms with Gasteiger partial charge in [-0.25, -0.2) is 4.98 Å². The molecule has 0 unspecified atom stereocenters. The number of piperidine rings is 1. The summed E-state index contributed by atoms with van der Waals surface area (Å²) in [6.45, 7) is 2.16. The number of hydrogen-bond donors (Lipinski definition) is 0. The first-order chi connectivity index (χ1) is 8.70. The molecular weight excluding hydrogens is 224 g/mol. The molecular formula is C14H20N4. The summed E-state index contributed by atoms with van der Waals surface area (Å²) in [5.74, 6) is 0.882. The van der Waals surface area contributed by atoms with Crippen molar-refractivity contribution in [2.45, 2.75) is 25.3 Å². The average Bonchev–Trinajstić information content (AvgIpc) is 2.41. The van der Waals surface area contributed by atoms with Gasteiger partial charge in [0, 0.05) is 25.8 Å². The predicted octanol–water partition coefficient (Wildman–Crippen LogP) is 1.87. The molecule has 1 atom stereocenters. The first-order valence-electron chi connectivity index (χ1n) is 6.48. The summed E-state index contributed by atoms with van der Waals surface area (Å²) in [5.41, 5.74) is 0.670. The van der Waals surface area contributed by atoms with Gasteiger partial charge in [0.1, 0.15) is 5.82 Å². The number of rotatable bonds is 3. The molecule has 0 aliphatic carbocycles. The zero-order valence-electron chi connectivity index (χ0n) is 11.1. The van der Waals surface area contributed by atoms with E-state index in [2.05, 4.69) is 27.9 Å². The van der Waals surface area contributed by atoms with Crippen LogP contribution in [0.15, 0.2) is 18.3 Å². The summed E-state index contributed by atoms with van der Waals surface area (Å²) in [6.07, 6.45) is 5.57. The van der Waals surface area contributed by atoms with E-state index in [4.69, 9.17) is 5.26 Å². The molecule has 1 aromatic heterocycles. The van der Waals surface area contributed by atoms with E-state index < -0.39 is 0 Å². The minimum Gasteiger partial charge on any atom is -0.358 e. The number of nitrogens with zero attached hydrogens (tertiary/aromatic N) is 4. The van der Waals surface area contributed by atoms with Crippen LogP contribution in [0.4, 0.5) is 5.82 Å². The van der Waals surface area contributed by atoms with Crippen molar-refractivity contribution in [2.24, 2.45) is 0 Å². The van der Waals surface area contributed by atoms with Crippen LogP contribution >= 0.6 is 0 Å². The van der Waals surface area contributed by atoms with Crippen molar-refractivity contribution in [3.8, 4) is 6.07 Å². The van der Waals surface area contributed by atoms with Crippen LogP contribution in [0.5, 0.6) is 0 Å². The maximum atomic E-state index is 8.90. The highest BCUT2D eigenvalue weighted by Gasteiger charge is 2.20. The lowest BCUT2D eigenvalue weighted by molar-refractivity contribution is 0.189. The van der Waals surface area contributed by atoms with Gasteiger partial charge in [0.05, 0.1) is 11.6 Å². The summed E-state index contributed by atoms with van der Waals surface area (Å²) in [6, 6.07) is 6.34. The molecule has 0 amide bonds. The van der Waals surface area contributed by atoms with E-state index in [1.807, 2.05) is 13.1 Å². The fraction of sp³-hybridized carbons (Fsp3) is 0.571. The molecule has 2 heterocycles. The maximum Gasteiger partial charge on any atom is 0.129 e. The Morgan fingerprint density at radius 1 is 1.56 bits per heavy atom. The molecule has 1 saturated heterocycles. The van der Waals surface area contributed by atoms with Crippen LogP contribution in [0.3, 0.4) is 0 Å². The Bertz CT molecular complexity index is 438. The number of likely N-dealkylation sites (tertiary alicyclic amines) is 1. The fourth-order valence-electron chi connectivity index (χ4n) is 2.48. The van der Waals surface area contributed by atoms with Crippen LogP contribution in [-0.4, -0.2) is 43.1 Å². The van der Waals surface area contributed by atoms with Gasteiger partial charge in [-0.3, -0.25) is 0 Å². The zero-order valence-corrected chi connectivity index (χ0v) is 11.1. The highest BCUT2D eigenvalue weighted by Crippen LogP contribution is 2.18. The second-order valence-corrected chi connectivity index (χ2v) is 5.03. The normalized spacial score (nSPS) is 20.4. The van der Waals surface area contributed by atoms with Crippen molar-refractivity contribution in [1.82, 2.24) is 9.88 Å². The highest BCUT2D eigenvalue weighted by atomic mass is 15.2. The molecule has 1 aliphatic rings. The Morgan fingerprint density at radius 2 is 2.39 bits per heavy atom. The third-order valence-corrected chi connectivity index (χ3v) is 3.67. The van der Waals surface area contributed by atoms with Gasteiger partial charge in [0.15, 0.2) is 0 Å². The van der Waals surface area contributed by atoms with Gasteiger partial charge in [0.25, 0.3) is 0 Å². The Hall–Kier alpha value is -1.60. The van der Waals surface area contributed by atoms with Crippen molar-refractivity contribution in [2.75, 3.05) is 32.1 Å². The SMILES string of the molecule is CN(C[C@H]1CCCCN1C)c1cc(C#N)ccn1. The fourth-order valence-corrected chi connectivity index (χ4v) is 2.48. The lowest BCUT2D eigenvalue weighted by atomic mass is 10.0. The van der Waals surface area contributed by atoms with Crippen molar-refractivity contribution in [3.63, 3.8) is 0 Å². The maximum absolute atomic E-state index is 8.90. The molecule has 96 valence electrons. The van der Waals surface area contributed by atoms with Crippen molar-refractivity contribution >= 4 is 5.82 Å². The van der Waals surface area contributed by atoms with Gasteiger partial charge in [-0.2, -0.15) is 5.26 Å².